The maximum absolute atomic E-state index is 6.40. The Balaban J connectivity index is 0.00000121. The first-order valence-corrected chi connectivity index (χ1v) is 12.2. The lowest BCUT2D eigenvalue weighted by atomic mass is 9.75. The van der Waals surface area contributed by atoms with Gasteiger partial charge in [-0.2, -0.15) is 0 Å². The van der Waals surface area contributed by atoms with Gasteiger partial charge in [0.2, 0.25) is 0 Å². The molecular weight excluding hydrogens is 390 g/mol. The van der Waals surface area contributed by atoms with Crippen LogP contribution in [0.1, 0.15) is 97.0 Å². The van der Waals surface area contributed by atoms with Gasteiger partial charge in [-0.05, 0) is 72.6 Å². The molecule has 0 fully saturated rings. The summed E-state index contributed by atoms with van der Waals surface area (Å²) in [7, 11) is 0. The molecule has 0 bridgehead atoms. The minimum Gasteiger partial charge on any atom is -0.367 e. The van der Waals surface area contributed by atoms with Gasteiger partial charge >= 0.3 is 0 Å². The van der Waals surface area contributed by atoms with Crippen LogP contribution in [0.25, 0.3) is 5.57 Å². The molecule has 3 heteroatoms. The molecular formula is C29H45N3. The fourth-order valence-electron chi connectivity index (χ4n) is 4.02. The Morgan fingerprint density at radius 2 is 1.75 bits per heavy atom. The molecule has 3 nitrogen and oxygen atoms in total. The van der Waals surface area contributed by atoms with Crippen LogP contribution in [0.4, 0.5) is 5.69 Å². The van der Waals surface area contributed by atoms with Crippen molar-refractivity contribution in [2.24, 2.45) is 10.7 Å². The average Bonchev–Trinajstić information content (AvgIpc) is 2.82. The second-order valence-corrected chi connectivity index (χ2v) is 8.51. The first-order chi connectivity index (χ1) is 15.3. The monoisotopic (exact) mass is 435 g/mol. The number of rotatable bonds is 5. The molecule has 1 aliphatic rings. The van der Waals surface area contributed by atoms with E-state index in [4.69, 9.17) is 5.73 Å². The number of benzene rings is 2. The summed E-state index contributed by atoms with van der Waals surface area (Å²) in [6, 6.07) is 15.4. The summed E-state index contributed by atoms with van der Waals surface area (Å²) in [4.78, 5) is 6.84. The van der Waals surface area contributed by atoms with Gasteiger partial charge in [0.1, 0.15) is 0 Å². The van der Waals surface area contributed by atoms with Crippen molar-refractivity contribution in [1.29, 1.82) is 0 Å². The molecule has 0 spiro atoms. The smallest absolute Gasteiger partial charge is 0.0429 e. The minimum absolute atomic E-state index is 0.0297. The third-order valence-corrected chi connectivity index (χ3v) is 5.79. The Hall–Kier alpha value is -2.39. The third kappa shape index (κ3) is 6.80. The SMILES string of the molecule is CC.CC.CC=N/C=C(\C)c1cc2c(cc1C(C)N)N(Cc1ccccc1)CCC2(C)C. The van der Waals surface area contributed by atoms with Crippen molar-refractivity contribution in [1.82, 2.24) is 0 Å². The van der Waals surface area contributed by atoms with Crippen LogP contribution in [0.15, 0.2) is 53.7 Å². The summed E-state index contributed by atoms with van der Waals surface area (Å²) >= 11 is 0. The lowest BCUT2D eigenvalue weighted by Crippen LogP contribution is -2.37. The van der Waals surface area contributed by atoms with Gasteiger partial charge in [-0.15, -0.1) is 0 Å². The lowest BCUT2D eigenvalue weighted by molar-refractivity contribution is 0.452. The summed E-state index contributed by atoms with van der Waals surface area (Å²) in [6.07, 6.45) is 4.89. The van der Waals surface area contributed by atoms with Gasteiger partial charge in [0, 0.05) is 37.2 Å². The fourth-order valence-corrected chi connectivity index (χ4v) is 4.02. The van der Waals surface area contributed by atoms with Crippen LogP contribution >= 0.6 is 0 Å². The molecule has 2 N–H and O–H groups in total. The Kier molecular flexibility index (Phi) is 11.4. The van der Waals surface area contributed by atoms with E-state index in [0.717, 1.165) is 25.1 Å². The number of allylic oxidation sites excluding steroid dienone is 1. The largest absolute Gasteiger partial charge is 0.367 e. The number of aliphatic imine (C=N–C) groups is 1. The predicted molar refractivity (Wildman–Crippen MR) is 145 cm³/mol. The first-order valence-electron chi connectivity index (χ1n) is 12.2. The van der Waals surface area contributed by atoms with Crippen LogP contribution in [0, 0.1) is 0 Å². The van der Waals surface area contributed by atoms with E-state index in [1.165, 1.54) is 27.9 Å². The number of nitrogens with zero attached hydrogens (tertiary/aromatic N) is 2. The second kappa shape index (κ2) is 13.2. The van der Waals surface area contributed by atoms with Crippen molar-refractivity contribution in [3.8, 4) is 0 Å². The van der Waals surface area contributed by atoms with Crippen molar-refractivity contribution in [2.75, 3.05) is 11.4 Å². The molecule has 0 amide bonds. The maximum atomic E-state index is 6.40. The molecule has 1 heterocycles. The fraction of sp³-hybridized carbons (Fsp3) is 0.483. The molecule has 2 aromatic carbocycles. The molecule has 0 saturated heterocycles. The third-order valence-electron chi connectivity index (χ3n) is 5.79. The summed E-state index contributed by atoms with van der Waals surface area (Å²) in [6.45, 7) is 20.8. The highest BCUT2D eigenvalue weighted by molar-refractivity contribution is 5.74. The van der Waals surface area contributed by atoms with E-state index >= 15 is 0 Å². The summed E-state index contributed by atoms with van der Waals surface area (Å²) in [5, 5.41) is 0. The van der Waals surface area contributed by atoms with Crippen LogP contribution in [-0.4, -0.2) is 12.8 Å². The minimum atomic E-state index is -0.0297. The van der Waals surface area contributed by atoms with Crippen molar-refractivity contribution in [3.05, 3.63) is 70.9 Å². The van der Waals surface area contributed by atoms with Gasteiger partial charge in [-0.25, -0.2) is 0 Å². The quantitative estimate of drug-likeness (QED) is 0.485. The highest BCUT2D eigenvalue weighted by Crippen LogP contribution is 2.43. The van der Waals surface area contributed by atoms with Gasteiger partial charge in [0.05, 0.1) is 0 Å². The highest BCUT2D eigenvalue weighted by atomic mass is 15.1. The Morgan fingerprint density at radius 1 is 1.12 bits per heavy atom. The average molecular weight is 436 g/mol. The Bertz CT molecular complexity index is 877. The number of nitrogens with two attached hydrogens (primary N) is 1. The standard InChI is InChI=1S/C25H33N3.2C2H6/c1-6-27-16-18(2)21-14-23-24(15-22(21)19(3)26)28(13-12-25(23,4)5)17-20-10-8-7-9-11-20;2*1-2/h6-11,14-16,19H,12-13,17,26H2,1-5H3;2*1-2H3/b18-16+,27-6?;;. The molecule has 1 atom stereocenters. The van der Waals surface area contributed by atoms with Gasteiger partial charge in [0.25, 0.3) is 0 Å². The molecule has 2 aromatic rings. The predicted octanol–water partition coefficient (Wildman–Crippen LogP) is 7.90. The molecule has 0 radical (unpaired) electrons. The van der Waals surface area contributed by atoms with E-state index in [1.807, 2.05) is 47.0 Å². The summed E-state index contributed by atoms with van der Waals surface area (Å²) in [5.74, 6) is 0. The van der Waals surface area contributed by atoms with Crippen molar-refractivity contribution in [3.63, 3.8) is 0 Å². The van der Waals surface area contributed by atoms with Crippen LogP contribution in [-0.2, 0) is 12.0 Å². The van der Waals surface area contributed by atoms with E-state index in [-0.39, 0.29) is 11.5 Å². The molecule has 176 valence electrons. The summed E-state index contributed by atoms with van der Waals surface area (Å²) in [5.41, 5.74) is 14.2. The lowest BCUT2D eigenvalue weighted by Gasteiger charge is -2.41. The number of hydrogen-bond donors (Lipinski definition) is 1. The zero-order chi connectivity index (χ0) is 24.3. The van der Waals surface area contributed by atoms with Crippen LogP contribution < -0.4 is 10.6 Å². The van der Waals surface area contributed by atoms with Crippen molar-refractivity contribution < 1.29 is 0 Å². The van der Waals surface area contributed by atoms with E-state index < -0.39 is 0 Å². The van der Waals surface area contributed by atoms with Crippen LogP contribution in [0.3, 0.4) is 0 Å². The molecule has 1 unspecified atom stereocenters. The zero-order valence-corrected chi connectivity index (χ0v) is 21.9. The van der Waals surface area contributed by atoms with Crippen molar-refractivity contribution >= 4 is 17.5 Å². The van der Waals surface area contributed by atoms with E-state index in [1.54, 1.807) is 0 Å². The van der Waals surface area contributed by atoms with Crippen molar-refractivity contribution in [2.45, 2.75) is 86.7 Å². The van der Waals surface area contributed by atoms with Gasteiger partial charge in [-0.3, -0.25) is 4.99 Å². The van der Waals surface area contributed by atoms with E-state index in [0.29, 0.717) is 0 Å². The van der Waals surface area contributed by atoms with Crippen LogP contribution in [0.5, 0.6) is 0 Å². The summed E-state index contributed by atoms with van der Waals surface area (Å²) < 4.78 is 0. The van der Waals surface area contributed by atoms with E-state index in [9.17, 15) is 0 Å². The molecule has 32 heavy (non-hydrogen) atoms. The normalized spacial score (nSPS) is 15.8. The molecule has 0 saturated carbocycles. The molecule has 1 aliphatic heterocycles. The second-order valence-electron chi connectivity index (χ2n) is 8.51. The maximum Gasteiger partial charge on any atom is 0.0429 e. The van der Waals surface area contributed by atoms with Gasteiger partial charge in [0.15, 0.2) is 0 Å². The van der Waals surface area contributed by atoms with E-state index in [2.05, 4.69) is 80.1 Å². The topological polar surface area (TPSA) is 41.6 Å². The van der Waals surface area contributed by atoms with Crippen LogP contribution in [0.2, 0.25) is 0 Å². The Labute approximate surface area is 197 Å². The van der Waals surface area contributed by atoms with Gasteiger partial charge < -0.3 is 10.6 Å². The first kappa shape index (κ1) is 27.6. The molecule has 3 rings (SSSR count). The molecule has 0 aromatic heterocycles. The number of fused-ring (bicyclic) bond motifs is 1. The highest BCUT2D eigenvalue weighted by Gasteiger charge is 2.32. The number of hydrogen-bond acceptors (Lipinski definition) is 3. The molecule has 0 aliphatic carbocycles. The zero-order valence-electron chi connectivity index (χ0n) is 21.9. The van der Waals surface area contributed by atoms with Gasteiger partial charge in [-0.1, -0.05) is 71.9 Å². The number of anilines is 1. The Morgan fingerprint density at radius 3 is 2.31 bits per heavy atom.